The van der Waals surface area contributed by atoms with Gasteiger partial charge in [0.25, 0.3) is 0 Å². The van der Waals surface area contributed by atoms with Gasteiger partial charge in [-0.2, -0.15) is 0 Å². The second kappa shape index (κ2) is 6.46. The average molecular weight is 328 g/mol. The number of hydrogen-bond acceptors (Lipinski definition) is 2. The van der Waals surface area contributed by atoms with Crippen LogP contribution in [0, 0.1) is 11.8 Å². The Bertz CT molecular complexity index is 642. The molecular formula is C22H32O2. The van der Waals surface area contributed by atoms with Gasteiger partial charge in [-0.25, -0.2) is 0 Å². The van der Waals surface area contributed by atoms with Gasteiger partial charge in [0.1, 0.15) is 17.1 Å². The number of methoxy groups -OCH3 is 1. The van der Waals surface area contributed by atoms with Gasteiger partial charge in [-0.1, -0.05) is 31.9 Å². The van der Waals surface area contributed by atoms with E-state index in [2.05, 4.69) is 52.8 Å². The molecule has 1 aliphatic heterocycles. The molecule has 0 amide bonds. The van der Waals surface area contributed by atoms with Crippen LogP contribution in [0.3, 0.4) is 0 Å². The molecule has 0 bridgehead atoms. The first kappa shape index (κ1) is 17.4. The minimum absolute atomic E-state index is 0.130. The summed E-state index contributed by atoms with van der Waals surface area (Å²) in [6.45, 7) is 11.3. The minimum atomic E-state index is -0.130. The fraction of sp³-hybridized carbons (Fsp3) is 0.636. The van der Waals surface area contributed by atoms with Gasteiger partial charge in [0.2, 0.25) is 0 Å². The maximum absolute atomic E-state index is 6.51. The van der Waals surface area contributed by atoms with Crippen LogP contribution in [-0.4, -0.2) is 12.7 Å². The molecule has 24 heavy (non-hydrogen) atoms. The highest BCUT2D eigenvalue weighted by atomic mass is 16.5. The lowest BCUT2D eigenvalue weighted by atomic mass is 9.67. The van der Waals surface area contributed by atoms with Crippen molar-refractivity contribution in [3.8, 4) is 11.5 Å². The predicted molar refractivity (Wildman–Crippen MR) is 100 cm³/mol. The quantitative estimate of drug-likeness (QED) is 0.641. The Hall–Kier alpha value is -1.44. The van der Waals surface area contributed by atoms with Crippen molar-refractivity contribution >= 4 is 0 Å². The zero-order chi connectivity index (χ0) is 17.5. The molecule has 2 nitrogen and oxygen atoms in total. The molecule has 0 aromatic heterocycles. The van der Waals surface area contributed by atoms with Gasteiger partial charge in [-0.3, -0.25) is 0 Å². The van der Waals surface area contributed by atoms with Crippen LogP contribution in [0.15, 0.2) is 23.8 Å². The molecule has 0 radical (unpaired) electrons. The maximum Gasteiger partial charge on any atom is 0.127 e. The molecule has 2 heteroatoms. The van der Waals surface area contributed by atoms with Crippen molar-refractivity contribution in [1.82, 2.24) is 0 Å². The van der Waals surface area contributed by atoms with Crippen LogP contribution in [0.1, 0.15) is 70.9 Å². The molecule has 1 aromatic carbocycles. The standard InChI is InChI=1S/C22H32O2/c1-7-14(2)10-16-12-19(23-6)21-17-11-15(3)8-9-18(17)22(4,5)24-20(21)13-16/h8,12-14,17-18H,7,9-11H2,1-6H3/t14-,17-,18?/m1/s1. The molecule has 3 atom stereocenters. The molecule has 1 heterocycles. The first-order valence-corrected chi connectivity index (χ1v) is 9.41. The van der Waals surface area contributed by atoms with E-state index in [-0.39, 0.29) is 5.60 Å². The van der Waals surface area contributed by atoms with Gasteiger partial charge < -0.3 is 9.47 Å². The van der Waals surface area contributed by atoms with Gasteiger partial charge in [-0.05, 0) is 63.6 Å². The monoisotopic (exact) mass is 328 g/mol. The number of benzene rings is 1. The molecule has 0 N–H and O–H groups in total. The molecular weight excluding hydrogens is 296 g/mol. The third kappa shape index (κ3) is 3.08. The summed E-state index contributed by atoms with van der Waals surface area (Å²) in [6, 6.07) is 4.52. The van der Waals surface area contributed by atoms with Crippen molar-refractivity contribution in [2.24, 2.45) is 11.8 Å². The number of rotatable bonds is 4. The van der Waals surface area contributed by atoms with Gasteiger partial charge >= 0.3 is 0 Å². The highest BCUT2D eigenvalue weighted by Gasteiger charge is 2.45. The van der Waals surface area contributed by atoms with E-state index in [9.17, 15) is 0 Å². The summed E-state index contributed by atoms with van der Waals surface area (Å²) < 4.78 is 12.3. The molecule has 132 valence electrons. The molecule has 0 fully saturated rings. The average Bonchev–Trinajstić information content (AvgIpc) is 2.52. The summed E-state index contributed by atoms with van der Waals surface area (Å²) in [5.74, 6) is 3.76. The van der Waals surface area contributed by atoms with E-state index in [1.54, 1.807) is 7.11 Å². The molecule has 1 aromatic rings. The van der Waals surface area contributed by atoms with Gasteiger partial charge in [0.05, 0.1) is 7.11 Å². The Morgan fingerprint density at radius 3 is 2.75 bits per heavy atom. The summed E-state index contributed by atoms with van der Waals surface area (Å²) in [7, 11) is 1.79. The second-order valence-corrected chi connectivity index (χ2v) is 8.34. The second-order valence-electron chi connectivity index (χ2n) is 8.34. The Balaban J connectivity index is 2.07. The van der Waals surface area contributed by atoms with Gasteiger partial charge in [-0.15, -0.1) is 0 Å². The number of allylic oxidation sites excluding steroid dienone is 2. The Labute approximate surface area is 147 Å². The van der Waals surface area contributed by atoms with Crippen LogP contribution in [-0.2, 0) is 6.42 Å². The highest BCUT2D eigenvalue weighted by molar-refractivity contribution is 5.53. The van der Waals surface area contributed by atoms with Crippen LogP contribution in [0.5, 0.6) is 11.5 Å². The lowest BCUT2D eigenvalue weighted by Gasteiger charge is -2.47. The fourth-order valence-electron chi connectivity index (χ4n) is 4.43. The van der Waals surface area contributed by atoms with E-state index in [0.29, 0.717) is 17.8 Å². The smallest absolute Gasteiger partial charge is 0.127 e. The third-order valence-electron chi connectivity index (χ3n) is 6.05. The molecule has 1 aliphatic carbocycles. The topological polar surface area (TPSA) is 18.5 Å². The van der Waals surface area contributed by atoms with Crippen molar-refractivity contribution in [3.05, 3.63) is 34.9 Å². The molecule has 3 rings (SSSR count). The van der Waals surface area contributed by atoms with Gasteiger partial charge in [0, 0.05) is 17.4 Å². The first-order chi connectivity index (χ1) is 11.4. The summed E-state index contributed by atoms with van der Waals surface area (Å²) in [5, 5.41) is 0. The molecule has 0 saturated heterocycles. The van der Waals surface area contributed by atoms with E-state index in [4.69, 9.17) is 9.47 Å². The number of hydrogen-bond donors (Lipinski definition) is 0. The van der Waals surface area contributed by atoms with Crippen molar-refractivity contribution in [1.29, 1.82) is 0 Å². The van der Waals surface area contributed by atoms with Crippen LogP contribution < -0.4 is 9.47 Å². The Morgan fingerprint density at radius 2 is 2.08 bits per heavy atom. The normalized spacial score (nSPS) is 25.8. The van der Waals surface area contributed by atoms with Crippen molar-refractivity contribution in [3.63, 3.8) is 0 Å². The van der Waals surface area contributed by atoms with Crippen molar-refractivity contribution in [2.45, 2.75) is 71.8 Å². The Morgan fingerprint density at radius 1 is 1.33 bits per heavy atom. The maximum atomic E-state index is 6.51. The summed E-state index contributed by atoms with van der Waals surface area (Å²) in [4.78, 5) is 0. The number of ether oxygens (including phenoxy) is 2. The highest BCUT2D eigenvalue weighted by Crippen LogP contribution is 2.54. The third-order valence-corrected chi connectivity index (χ3v) is 6.05. The fourth-order valence-corrected chi connectivity index (χ4v) is 4.43. The predicted octanol–water partition coefficient (Wildman–Crippen LogP) is 5.89. The van der Waals surface area contributed by atoms with E-state index >= 15 is 0 Å². The minimum Gasteiger partial charge on any atom is -0.496 e. The number of fused-ring (bicyclic) bond motifs is 3. The lowest BCUT2D eigenvalue weighted by molar-refractivity contribution is 0.00748. The lowest BCUT2D eigenvalue weighted by Crippen LogP contribution is -2.45. The van der Waals surface area contributed by atoms with Gasteiger partial charge in [0.15, 0.2) is 0 Å². The van der Waals surface area contributed by atoms with E-state index in [1.165, 1.54) is 23.1 Å². The van der Waals surface area contributed by atoms with Crippen LogP contribution >= 0.6 is 0 Å². The van der Waals surface area contributed by atoms with Crippen LogP contribution in [0.25, 0.3) is 0 Å². The van der Waals surface area contributed by atoms with Crippen LogP contribution in [0.2, 0.25) is 0 Å². The summed E-state index contributed by atoms with van der Waals surface area (Å²) in [5.41, 5.74) is 3.99. The summed E-state index contributed by atoms with van der Waals surface area (Å²) >= 11 is 0. The van der Waals surface area contributed by atoms with E-state index in [0.717, 1.165) is 30.8 Å². The van der Waals surface area contributed by atoms with Crippen molar-refractivity contribution in [2.75, 3.05) is 7.11 Å². The largest absolute Gasteiger partial charge is 0.496 e. The zero-order valence-corrected chi connectivity index (χ0v) is 16.1. The molecule has 1 unspecified atom stereocenters. The van der Waals surface area contributed by atoms with Crippen LogP contribution in [0.4, 0.5) is 0 Å². The van der Waals surface area contributed by atoms with E-state index in [1.807, 2.05) is 0 Å². The van der Waals surface area contributed by atoms with Crippen molar-refractivity contribution < 1.29 is 9.47 Å². The molecule has 0 saturated carbocycles. The SMILES string of the molecule is CC[C@@H](C)Cc1cc(OC)c2c(c1)OC(C)(C)C1CC=C(C)C[C@@H]21. The molecule has 0 spiro atoms. The first-order valence-electron chi connectivity index (χ1n) is 9.41. The van der Waals surface area contributed by atoms with E-state index < -0.39 is 0 Å². The summed E-state index contributed by atoms with van der Waals surface area (Å²) in [6.07, 6.45) is 6.88. The molecule has 2 aliphatic rings. The Kier molecular flexibility index (Phi) is 4.68. The zero-order valence-electron chi connectivity index (χ0n) is 16.1.